The highest BCUT2D eigenvalue weighted by atomic mass is 16.2. The first-order chi connectivity index (χ1) is 13.2. The van der Waals surface area contributed by atoms with Crippen LogP contribution in [0.15, 0.2) is 54.6 Å². The van der Waals surface area contributed by atoms with Crippen LogP contribution >= 0.6 is 0 Å². The van der Waals surface area contributed by atoms with E-state index in [9.17, 15) is 9.59 Å². The summed E-state index contributed by atoms with van der Waals surface area (Å²) < 4.78 is 0. The predicted molar refractivity (Wildman–Crippen MR) is 103 cm³/mol. The fourth-order valence-electron chi connectivity index (χ4n) is 3.24. The molecule has 1 heterocycles. The topological polar surface area (TPSA) is 85.2 Å². The lowest BCUT2D eigenvalue weighted by Crippen LogP contribution is -2.33. The summed E-state index contributed by atoms with van der Waals surface area (Å²) in [5, 5.41) is 14.6. The van der Waals surface area contributed by atoms with E-state index in [1.807, 2.05) is 30.3 Å². The summed E-state index contributed by atoms with van der Waals surface area (Å²) in [6, 6.07) is 18.7. The number of hydrogen-bond acceptors (Lipinski definition) is 4. The number of rotatable bonds is 5. The molecule has 27 heavy (non-hydrogen) atoms. The first-order valence-corrected chi connectivity index (χ1v) is 9.01. The maximum Gasteiger partial charge on any atom is 0.225 e. The van der Waals surface area contributed by atoms with Crippen molar-refractivity contribution in [2.45, 2.75) is 18.9 Å². The number of nitrogens with one attached hydrogen (secondary N) is 2. The van der Waals surface area contributed by atoms with Gasteiger partial charge in [-0.15, -0.1) is 0 Å². The van der Waals surface area contributed by atoms with Gasteiger partial charge >= 0.3 is 0 Å². The van der Waals surface area contributed by atoms with Gasteiger partial charge in [-0.1, -0.05) is 30.3 Å². The van der Waals surface area contributed by atoms with Crippen LogP contribution in [-0.4, -0.2) is 36.3 Å². The van der Waals surface area contributed by atoms with Crippen LogP contribution in [0.3, 0.4) is 0 Å². The Kier molecular flexibility index (Phi) is 6.18. The molecule has 0 aromatic heterocycles. The maximum absolute atomic E-state index is 12.3. The summed E-state index contributed by atoms with van der Waals surface area (Å²) in [5.74, 6) is -0.0524. The van der Waals surface area contributed by atoms with Gasteiger partial charge in [0.15, 0.2) is 0 Å². The molecular weight excluding hydrogens is 340 g/mol. The summed E-state index contributed by atoms with van der Waals surface area (Å²) >= 11 is 0. The smallest absolute Gasteiger partial charge is 0.225 e. The van der Waals surface area contributed by atoms with Crippen molar-refractivity contribution in [2.24, 2.45) is 0 Å². The second-order valence-corrected chi connectivity index (χ2v) is 6.50. The van der Waals surface area contributed by atoms with Crippen molar-refractivity contribution in [3.8, 4) is 6.07 Å². The van der Waals surface area contributed by atoms with E-state index in [-0.39, 0.29) is 17.9 Å². The van der Waals surface area contributed by atoms with Crippen molar-refractivity contribution in [3.63, 3.8) is 0 Å². The van der Waals surface area contributed by atoms with Crippen molar-refractivity contribution in [1.29, 1.82) is 5.26 Å². The van der Waals surface area contributed by atoms with Crippen molar-refractivity contribution in [2.75, 3.05) is 25.0 Å². The van der Waals surface area contributed by atoms with E-state index in [2.05, 4.69) is 21.6 Å². The Morgan fingerprint density at radius 1 is 1.19 bits per heavy atom. The minimum atomic E-state index is -0.0879. The standard InChI is InChI=1S/C21H22N4O2/c22-15-16-6-8-18(9-7-16)24-20(26)10-12-25-13-11-23-21(27)14-19(25)17-4-2-1-3-5-17/h1-9,19H,10-14H2,(H,23,27)(H,24,26). The Hall–Kier alpha value is -3.17. The molecule has 2 aromatic rings. The van der Waals surface area contributed by atoms with Gasteiger partial charge in [-0.25, -0.2) is 0 Å². The summed E-state index contributed by atoms with van der Waals surface area (Å²) in [4.78, 5) is 26.5. The lowest BCUT2D eigenvalue weighted by molar-refractivity contribution is -0.121. The second kappa shape index (κ2) is 8.97. The summed E-state index contributed by atoms with van der Waals surface area (Å²) in [6.07, 6.45) is 0.721. The Morgan fingerprint density at radius 2 is 1.93 bits per heavy atom. The highest BCUT2D eigenvalue weighted by molar-refractivity contribution is 5.90. The van der Waals surface area contributed by atoms with Crippen LogP contribution in [0.4, 0.5) is 5.69 Å². The molecule has 1 aliphatic heterocycles. The quantitative estimate of drug-likeness (QED) is 0.856. The highest BCUT2D eigenvalue weighted by Crippen LogP contribution is 2.25. The van der Waals surface area contributed by atoms with Crippen LogP contribution in [-0.2, 0) is 9.59 Å². The minimum Gasteiger partial charge on any atom is -0.355 e. The van der Waals surface area contributed by atoms with Crippen LogP contribution < -0.4 is 10.6 Å². The van der Waals surface area contributed by atoms with Crippen molar-refractivity contribution in [3.05, 3.63) is 65.7 Å². The molecule has 1 fully saturated rings. The molecular formula is C21H22N4O2. The molecule has 2 aromatic carbocycles. The van der Waals surface area contributed by atoms with Gasteiger partial charge in [-0.3, -0.25) is 14.5 Å². The molecule has 0 aliphatic carbocycles. The molecule has 1 atom stereocenters. The van der Waals surface area contributed by atoms with Crippen LogP contribution in [0.2, 0.25) is 0 Å². The van der Waals surface area contributed by atoms with E-state index in [0.29, 0.717) is 43.7 Å². The molecule has 0 saturated carbocycles. The van der Waals surface area contributed by atoms with Crippen LogP contribution in [0.1, 0.15) is 30.0 Å². The van der Waals surface area contributed by atoms with E-state index in [1.54, 1.807) is 24.3 Å². The van der Waals surface area contributed by atoms with Gasteiger partial charge in [-0.2, -0.15) is 5.26 Å². The van der Waals surface area contributed by atoms with E-state index in [4.69, 9.17) is 5.26 Å². The normalized spacial score (nSPS) is 17.4. The SMILES string of the molecule is N#Cc1ccc(NC(=O)CCN2CCNC(=O)CC2c2ccccc2)cc1. The van der Waals surface area contributed by atoms with Gasteiger partial charge in [0.05, 0.1) is 11.6 Å². The zero-order valence-electron chi connectivity index (χ0n) is 15.0. The molecule has 0 bridgehead atoms. The van der Waals surface area contributed by atoms with Gasteiger partial charge in [0.1, 0.15) is 0 Å². The Morgan fingerprint density at radius 3 is 2.63 bits per heavy atom. The largest absolute Gasteiger partial charge is 0.355 e. The molecule has 1 unspecified atom stereocenters. The third-order valence-corrected chi connectivity index (χ3v) is 4.65. The van der Waals surface area contributed by atoms with Crippen molar-refractivity contribution in [1.82, 2.24) is 10.2 Å². The minimum absolute atomic E-state index is 0.0311. The molecule has 1 aliphatic rings. The summed E-state index contributed by atoms with van der Waals surface area (Å²) in [5.41, 5.74) is 2.31. The third kappa shape index (κ3) is 5.16. The van der Waals surface area contributed by atoms with Gasteiger partial charge in [0, 0.05) is 44.2 Å². The Balaban J connectivity index is 1.62. The number of amides is 2. The number of hydrogen-bond donors (Lipinski definition) is 2. The van der Waals surface area contributed by atoms with Crippen LogP contribution in [0.5, 0.6) is 0 Å². The molecule has 3 rings (SSSR count). The number of nitrogens with zero attached hydrogens (tertiary/aromatic N) is 2. The fraction of sp³-hybridized carbons (Fsp3) is 0.286. The first kappa shape index (κ1) is 18.6. The van der Waals surface area contributed by atoms with E-state index in [0.717, 1.165) is 5.56 Å². The van der Waals surface area contributed by atoms with Crippen LogP contribution in [0, 0.1) is 11.3 Å². The lowest BCUT2D eigenvalue weighted by Gasteiger charge is -2.29. The molecule has 6 heteroatoms. The predicted octanol–water partition coefficient (Wildman–Crippen LogP) is 2.45. The Bertz CT molecular complexity index is 828. The van der Waals surface area contributed by atoms with E-state index >= 15 is 0 Å². The molecule has 2 N–H and O–H groups in total. The molecule has 0 radical (unpaired) electrons. The monoisotopic (exact) mass is 362 g/mol. The molecule has 1 saturated heterocycles. The van der Waals surface area contributed by atoms with Crippen molar-refractivity contribution < 1.29 is 9.59 Å². The maximum atomic E-state index is 12.3. The lowest BCUT2D eigenvalue weighted by atomic mass is 10.0. The molecule has 138 valence electrons. The number of carbonyl (C=O) groups excluding carboxylic acids is 2. The van der Waals surface area contributed by atoms with Gasteiger partial charge in [0.25, 0.3) is 0 Å². The average molecular weight is 362 g/mol. The third-order valence-electron chi connectivity index (χ3n) is 4.65. The molecule has 0 spiro atoms. The summed E-state index contributed by atoms with van der Waals surface area (Å²) in [6.45, 7) is 1.85. The van der Waals surface area contributed by atoms with E-state index < -0.39 is 0 Å². The van der Waals surface area contributed by atoms with Gasteiger partial charge < -0.3 is 10.6 Å². The van der Waals surface area contributed by atoms with E-state index in [1.165, 1.54) is 0 Å². The number of benzene rings is 2. The zero-order valence-corrected chi connectivity index (χ0v) is 15.0. The summed E-state index contributed by atoms with van der Waals surface area (Å²) in [7, 11) is 0. The second-order valence-electron chi connectivity index (χ2n) is 6.50. The molecule has 2 amide bonds. The van der Waals surface area contributed by atoms with Gasteiger partial charge in [0.2, 0.25) is 11.8 Å². The Labute approximate surface area is 158 Å². The fourth-order valence-corrected chi connectivity index (χ4v) is 3.24. The zero-order chi connectivity index (χ0) is 19.1. The number of carbonyl (C=O) groups is 2. The number of anilines is 1. The molecule has 6 nitrogen and oxygen atoms in total. The highest BCUT2D eigenvalue weighted by Gasteiger charge is 2.26. The van der Waals surface area contributed by atoms with Gasteiger partial charge in [-0.05, 0) is 29.8 Å². The first-order valence-electron chi connectivity index (χ1n) is 9.01. The average Bonchev–Trinajstić information content (AvgIpc) is 2.89. The number of nitriles is 1. The van der Waals surface area contributed by atoms with Crippen LogP contribution in [0.25, 0.3) is 0 Å². The van der Waals surface area contributed by atoms with Crippen molar-refractivity contribution >= 4 is 17.5 Å².